The molecule has 0 bridgehead atoms. The molecule has 0 saturated carbocycles. The molecule has 1 aromatic heterocycles. The van der Waals surface area contributed by atoms with Gasteiger partial charge in [-0.15, -0.1) is 0 Å². The number of hydrogen-bond acceptors (Lipinski definition) is 3. The summed E-state index contributed by atoms with van der Waals surface area (Å²) in [6, 6.07) is 0. The van der Waals surface area contributed by atoms with Crippen LogP contribution in [0.3, 0.4) is 0 Å². The molecule has 4 nitrogen and oxygen atoms in total. The van der Waals surface area contributed by atoms with Crippen molar-refractivity contribution in [2.24, 2.45) is 0 Å². The number of aromatic nitrogens is 1. The molecule has 0 atom stereocenters. The SMILES string of the molecule is CCCOc1[nH]cc(OC)c1OCC. The minimum atomic E-state index is 0.594. The molecule has 1 rings (SSSR count). The maximum Gasteiger partial charge on any atom is 0.238 e. The molecule has 0 unspecified atom stereocenters. The number of rotatable bonds is 6. The normalized spacial score (nSPS) is 9.93. The van der Waals surface area contributed by atoms with E-state index in [0.29, 0.717) is 30.6 Å². The van der Waals surface area contributed by atoms with Gasteiger partial charge in [-0.1, -0.05) is 6.92 Å². The first-order valence-electron chi connectivity index (χ1n) is 4.84. The van der Waals surface area contributed by atoms with Gasteiger partial charge < -0.3 is 19.2 Å². The largest absolute Gasteiger partial charge is 0.491 e. The topological polar surface area (TPSA) is 43.5 Å². The van der Waals surface area contributed by atoms with Crippen LogP contribution >= 0.6 is 0 Å². The number of nitrogens with one attached hydrogen (secondary N) is 1. The highest BCUT2D eigenvalue weighted by molar-refractivity contribution is 5.47. The molecule has 1 heterocycles. The van der Waals surface area contributed by atoms with Gasteiger partial charge in [-0.25, -0.2) is 0 Å². The van der Waals surface area contributed by atoms with E-state index in [0.717, 1.165) is 6.42 Å². The van der Waals surface area contributed by atoms with Crippen LogP contribution in [0, 0.1) is 0 Å². The second kappa shape index (κ2) is 5.42. The van der Waals surface area contributed by atoms with E-state index in [2.05, 4.69) is 11.9 Å². The molecule has 0 amide bonds. The molecule has 80 valence electrons. The lowest BCUT2D eigenvalue weighted by Gasteiger charge is -2.07. The number of H-pyrrole nitrogens is 1. The van der Waals surface area contributed by atoms with E-state index in [1.165, 1.54) is 0 Å². The Kier molecular flexibility index (Phi) is 4.16. The summed E-state index contributed by atoms with van der Waals surface area (Å²) < 4.78 is 16.0. The summed E-state index contributed by atoms with van der Waals surface area (Å²) in [5, 5.41) is 0. The Morgan fingerprint density at radius 1 is 1.29 bits per heavy atom. The van der Waals surface area contributed by atoms with Crippen LogP contribution in [0.25, 0.3) is 0 Å². The van der Waals surface area contributed by atoms with E-state index in [4.69, 9.17) is 14.2 Å². The Labute approximate surface area is 84.2 Å². The standard InChI is InChI=1S/C10H17NO3/c1-4-6-14-10-9(13-5-2)8(12-3)7-11-10/h7,11H,4-6H2,1-3H3. The van der Waals surface area contributed by atoms with Gasteiger partial charge in [0, 0.05) is 0 Å². The Bertz CT molecular complexity index is 270. The van der Waals surface area contributed by atoms with Gasteiger partial charge >= 0.3 is 0 Å². The van der Waals surface area contributed by atoms with Crippen molar-refractivity contribution in [3.63, 3.8) is 0 Å². The van der Waals surface area contributed by atoms with Crippen molar-refractivity contribution in [3.05, 3.63) is 6.20 Å². The first-order valence-corrected chi connectivity index (χ1v) is 4.84. The first-order chi connectivity index (χ1) is 6.83. The highest BCUT2D eigenvalue weighted by Gasteiger charge is 2.13. The Balaban J connectivity index is 2.75. The summed E-state index contributed by atoms with van der Waals surface area (Å²) in [4.78, 5) is 2.97. The van der Waals surface area contributed by atoms with E-state index >= 15 is 0 Å². The van der Waals surface area contributed by atoms with Gasteiger partial charge in [0.05, 0.1) is 26.5 Å². The van der Waals surface area contributed by atoms with Gasteiger partial charge in [0.25, 0.3) is 0 Å². The lowest BCUT2D eigenvalue weighted by molar-refractivity contribution is 0.263. The predicted molar refractivity (Wildman–Crippen MR) is 54.3 cm³/mol. The Morgan fingerprint density at radius 3 is 2.64 bits per heavy atom. The molecule has 0 fully saturated rings. The minimum Gasteiger partial charge on any atom is -0.491 e. The van der Waals surface area contributed by atoms with Crippen molar-refractivity contribution in [3.8, 4) is 17.4 Å². The average molecular weight is 199 g/mol. The lowest BCUT2D eigenvalue weighted by Crippen LogP contribution is -1.99. The van der Waals surface area contributed by atoms with Gasteiger partial charge in [-0.05, 0) is 13.3 Å². The summed E-state index contributed by atoms with van der Waals surface area (Å²) in [7, 11) is 1.61. The summed E-state index contributed by atoms with van der Waals surface area (Å²) in [5.74, 6) is 1.98. The second-order valence-corrected chi connectivity index (χ2v) is 2.80. The fraction of sp³-hybridized carbons (Fsp3) is 0.600. The van der Waals surface area contributed by atoms with E-state index in [1.807, 2.05) is 6.92 Å². The van der Waals surface area contributed by atoms with Crippen LogP contribution in [-0.4, -0.2) is 25.3 Å². The molecule has 14 heavy (non-hydrogen) atoms. The number of ether oxygens (including phenoxy) is 3. The molecule has 0 aliphatic heterocycles. The third-order valence-corrected chi connectivity index (χ3v) is 1.72. The van der Waals surface area contributed by atoms with Gasteiger partial charge in [0.2, 0.25) is 11.6 Å². The molecule has 0 aliphatic rings. The zero-order valence-electron chi connectivity index (χ0n) is 8.92. The summed E-state index contributed by atoms with van der Waals surface area (Å²) >= 11 is 0. The summed E-state index contributed by atoms with van der Waals surface area (Å²) in [5.41, 5.74) is 0. The van der Waals surface area contributed by atoms with Crippen molar-refractivity contribution < 1.29 is 14.2 Å². The number of methoxy groups -OCH3 is 1. The molecule has 1 aromatic rings. The quantitative estimate of drug-likeness (QED) is 0.763. The molecule has 0 aliphatic carbocycles. The van der Waals surface area contributed by atoms with Gasteiger partial charge in [0.1, 0.15) is 0 Å². The van der Waals surface area contributed by atoms with Crippen LogP contribution in [0.5, 0.6) is 17.4 Å². The van der Waals surface area contributed by atoms with Crippen LogP contribution in [0.2, 0.25) is 0 Å². The van der Waals surface area contributed by atoms with Crippen LogP contribution in [0.4, 0.5) is 0 Å². The fourth-order valence-electron chi connectivity index (χ4n) is 1.12. The van der Waals surface area contributed by atoms with Crippen LogP contribution < -0.4 is 14.2 Å². The molecular formula is C10H17NO3. The highest BCUT2D eigenvalue weighted by atomic mass is 16.5. The fourth-order valence-corrected chi connectivity index (χ4v) is 1.12. The number of hydrogen-bond donors (Lipinski definition) is 1. The smallest absolute Gasteiger partial charge is 0.238 e. The first kappa shape index (κ1) is 10.8. The molecule has 1 N–H and O–H groups in total. The molecule has 0 radical (unpaired) electrons. The van der Waals surface area contributed by atoms with Gasteiger partial charge in [0.15, 0.2) is 5.75 Å². The minimum absolute atomic E-state index is 0.594. The summed E-state index contributed by atoms with van der Waals surface area (Å²) in [6.07, 6.45) is 2.70. The van der Waals surface area contributed by atoms with E-state index in [-0.39, 0.29) is 0 Å². The monoisotopic (exact) mass is 199 g/mol. The average Bonchev–Trinajstić information content (AvgIpc) is 2.58. The van der Waals surface area contributed by atoms with Crippen LogP contribution in [0.15, 0.2) is 6.20 Å². The molecule has 0 spiro atoms. The van der Waals surface area contributed by atoms with Crippen molar-refractivity contribution in [2.45, 2.75) is 20.3 Å². The van der Waals surface area contributed by atoms with Crippen molar-refractivity contribution in [1.29, 1.82) is 0 Å². The maximum atomic E-state index is 5.46. The molecule has 0 saturated heterocycles. The lowest BCUT2D eigenvalue weighted by atomic mass is 10.5. The van der Waals surface area contributed by atoms with Gasteiger partial charge in [-0.2, -0.15) is 0 Å². The van der Waals surface area contributed by atoms with E-state index in [9.17, 15) is 0 Å². The Morgan fingerprint density at radius 2 is 2.07 bits per heavy atom. The summed E-state index contributed by atoms with van der Waals surface area (Å²) in [6.45, 7) is 5.25. The van der Waals surface area contributed by atoms with Crippen molar-refractivity contribution >= 4 is 0 Å². The van der Waals surface area contributed by atoms with E-state index in [1.54, 1.807) is 13.3 Å². The third kappa shape index (κ3) is 2.34. The molecule has 4 heteroatoms. The maximum absolute atomic E-state index is 5.46. The second-order valence-electron chi connectivity index (χ2n) is 2.80. The van der Waals surface area contributed by atoms with Gasteiger partial charge in [-0.3, -0.25) is 0 Å². The molecule has 0 aromatic carbocycles. The number of aromatic amines is 1. The zero-order valence-corrected chi connectivity index (χ0v) is 8.92. The van der Waals surface area contributed by atoms with Crippen molar-refractivity contribution in [1.82, 2.24) is 4.98 Å². The van der Waals surface area contributed by atoms with Crippen LogP contribution in [-0.2, 0) is 0 Å². The zero-order chi connectivity index (χ0) is 10.4. The Hall–Kier alpha value is -1.32. The van der Waals surface area contributed by atoms with E-state index < -0.39 is 0 Å². The molecular weight excluding hydrogens is 182 g/mol. The van der Waals surface area contributed by atoms with Crippen molar-refractivity contribution in [2.75, 3.05) is 20.3 Å². The highest BCUT2D eigenvalue weighted by Crippen LogP contribution is 2.36. The van der Waals surface area contributed by atoms with Crippen LogP contribution in [0.1, 0.15) is 20.3 Å². The third-order valence-electron chi connectivity index (χ3n) is 1.72. The predicted octanol–water partition coefficient (Wildman–Crippen LogP) is 2.21.